The summed E-state index contributed by atoms with van der Waals surface area (Å²) in [5, 5.41) is -0.0284. The van der Waals surface area contributed by atoms with E-state index in [-0.39, 0.29) is 53.4 Å². The van der Waals surface area contributed by atoms with E-state index >= 15 is 0 Å². The summed E-state index contributed by atoms with van der Waals surface area (Å²) in [6.45, 7) is 7.47. The maximum Gasteiger partial charge on any atom is 0.433 e. The number of carbonyl (C=O) groups is 2. The zero-order chi connectivity index (χ0) is 25.6. The summed E-state index contributed by atoms with van der Waals surface area (Å²) >= 11 is 0.998. The molecule has 2 aromatic rings. The lowest BCUT2D eigenvalue weighted by molar-refractivity contribution is -0.149. The number of amides is 1. The van der Waals surface area contributed by atoms with Crippen molar-refractivity contribution in [1.29, 1.82) is 0 Å². The molecule has 0 N–H and O–H groups in total. The Morgan fingerprint density at radius 3 is 2.63 bits per heavy atom. The summed E-state index contributed by atoms with van der Waals surface area (Å²) in [5.74, 6) is -0.146. The molecule has 8 nitrogen and oxygen atoms in total. The number of carbonyl (C=O) groups excluding carboxylic acids is 2. The number of nitrogens with zero attached hydrogens (tertiary/aromatic N) is 4. The van der Waals surface area contributed by atoms with Crippen LogP contribution in [0.5, 0.6) is 0 Å². The van der Waals surface area contributed by atoms with Crippen molar-refractivity contribution in [2.24, 2.45) is 5.92 Å². The first kappa shape index (κ1) is 26.8. The van der Waals surface area contributed by atoms with Gasteiger partial charge >= 0.3 is 12.1 Å². The second kappa shape index (κ2) is 11.8. The van der Waals surface area contributed by atoms with E-state index in [9.17, 15) is 22.8 Å². The largest absolute Gasteiger partial charge is 0.466 e. The number of esters is 1. The normalized spacial score (nSPS) is 16.3. The number of piperidine rings is 1. The van der Waals surface area contributed by atoms with E-state index in [1.807, 2.05) is 13.8 Å². The van der Waals surface area contributed by atoms with Gasteiger partial charge in [0.25, 0.3) is 5.91 Å². The van der Waals surface area contributed by atoms with Gasteiger partial charge < -0.3 is 19.0 Å². The van der Waals surface area contributed by atoms with E-state index in [2.05, 4.69) is 9.97 Å². The van der Waals surface area contributed by atoms with Gasteiger partial charge in [0.2, 0.25) is 0 Å². The van der Waals surface area contributed by atoms with Crippen molar-refractivity contribution in [3.8, 4) is 0 Å². The van der Waals surface area contributed by atoms with Crippen LogP contribution in [-0.2, 0) is 21.5 Å². The Balaban J connectivity index is 1.69. The Hall–Kier alpha value is -2.76. The van der Waals surface area contributed by atoms with Crippen molar-refractivity contribution in [3.05, 3.63) is 35.4 Å². The number of rotatable bonds is 9. The third-order valence-electron chi connectivity index (χ3n) is 5.61. The SMILES string of the molecule is CCOC(=O)[C@H]1CCCN(C(=O)c2ccc(CSc3nc(N(CC)CC)cc(C(F)(F)F)n3)o2)C1. The molecule has 0 saturated carbocycles. The van der Waals surface area contributed by atoms with Gasteiger partial charge in [-0.15, -0.1) is 0 Å². The summed E-state index contributed by atoms with van der Waals surface area (Å²) in [6, 6.07) is 4.08. The number of anilines is 1. The lowest BCUT2D eigenvalue weighted by Crippen LogP contribution is -2.42. The average Bonchev–Trinajstić information content (AvgIpc) is 3.32. The van der Waals surface area contributed by atoms with Crippen molar-refractivity contribution in [3.63, 3.8) is 0 Å². The fourth-order valence-corrected chi connectivity index (χ4v) is 4.56. The van der Waals surface area contributed by atoms with Gasteiger partial charge in [-0.25, -0.2) is 9.97 Å². The van der Waals surface area contributed by atoms with Gasteiger partial charge in [0.15, 0.2) is 16.6 Å². The van der Waals surface area contributed by atoms with Crippen LogP contribution in [0, 0.1) is 5.92 Å². The molecule has 12 heteroatoms. The van der Waals surface area contributed by atoms with Crippen LogP contribution in [0.15, 0.2) is 27.8 Å². The van der Waals surface area contributed by atoms with Gasteiger partial charge in [-0.2, -0.15) is 13.2 Å². The quantitative estimate of drug-likeness (QED) is 0.272. The summed E-state index contributed by atoms with van der Waals surface area (Å²) in [4.78, 5) is 36.1. The highest BCUT2D eigenvalue weighted by atomic mass is 32.2. The van der Waals surface area contributed by atoms with Gasteiger partial charge in [0.05, 0.1) is 18.3 Å². The Morgan fingerprint density at radius 2 is 1.97 bits per heavy atom. The number of ether oxygens (including phenoxy) is 1. The van der Waals surface area contributed by atoms with E-state index < -0.39 is 11.9 Å². The summed E-state index contributed by atoms with van der Waals surface area (Å²) < 4.78 is 50.8. The lowest BCUT2D eigenvalue weighted by Gasteiger charge is -2.30. The van der Waals surface area contributed by atoms with E-state index in [1.54, 1.807) is 22.8 Å². The van der Waals surface area contributed by atoms with Gasteiger partial charge in [-0.05, 0) is 45.7 Å². The highest BCUT2D eigenvalue weighted by Gasteiger charge is 2.34. The number of alkyl halides is 3. The molecule has 1 aliphatic heterocycles. The van der Waals surface area contributed by atoms with Crippen LogP contribution in [0.4, 0.5) is 19.0 Å². The standard InChI is InChI=1S/C23H29F3N4O4S/c1-4-29(5-2)19-12-18(23(24,25)26)27-22(28-19)35-14-16-9-10-17(34-16)20(31)30-11-7-8-15(13-30)21(32)33-6-3/h9-10,12,15H,4-8,11,13-14H2,1-3H3/t15-/m0/s1. The van der Waals surface area contributed by atoms with E-state index in [4.69, 9.17) is 9.15 Å². The number of hydrogen-bond acceptors (Lipinski definition) is 8. The average molecular weight is 515 g/mol. The molecule has 3 rings (SSSR count). The molecule has 1 fully saturated rings. The number of halogens is 3. The number of aromatic nitrogens is 2. The van der Waals surface area contributed by atoms with Gasteiger partial charge in [-0.3, -0.25) is 9.59 Å². The Labute approximate surface area is 206 Å². The van der Waals surface area contributed by atoms with Crippen LogP contribution in [-0.4, -0.2) is 59.5 Å². The minimum Gasteiger partial charge on any atom is -0.466 e. The predicted octanol–water partition coefficient (Wildman–Crippen LogP) is 4.64. The van der Waals surface area contributed by atoms with Crippen LogP contribution in [0.25, 0.3) is 0 Å². The zero-order valence-electron chi connectivity index (χ0n) is 19.9. The summed E-state index contributed by atoms with van der Waals surface area (Å²) in [7, 11) is 0. The molecule has 3 heterocycles. The number of hydrogen-bond donors (Lipinski definition) is 0. The second-order valence-electron chi connectivity index (χ2n) is 7.96. The van der Waals surface area contributed by atoms with Crippen molar-refractivity contribution in [2.45, 2.75) is 50.7 Å². The van der Waals surface area contributed by atoms with Crippen LogP contribution in [0.3, 0.4) is 0 Å². The molecule has 192 valence electrons. The van der Waals surface area contributed by atoms with Crippen LogP contribution >= 0.6 is 11.8 Å². The molecule has 0 radical (unpaired) electrons. The monoisotopic (exact) mass is 514 g/mol. The minimum absolute atomic E-state index is 0.0284. The van der Waals surface area contributed by atoms with Gasteiger partial charge in [0, 0.05) is 32.2 Å². The summed E-state index contributed by atoms with van der Waals surface area (Å²) in [6.07, 6.45) is -3.25. The first-order valence-corrected chi connectivity index (χ1v) is 12.5. The van der Waals surface area contributed by atoms with E-state index in [0.717, 1.165) is 17.8 Å². The maximum atomic E-state index is 13.4. The molecule has 35 heavy (non-hydrogen) atoms. The zero-order valence-corrected chi connectivity index (χ0v) is 20.7. The molecule has 0 aliphatic carbocycles. The molecule has 0 aromatic carbocycles. The molecule has 0 bridgehead atoms. The predicted molar refractivity (Wildman–Crippen MR) is 124 cm³/mol. The minimum atomic E-state index is -4.60. The second-order valence-corrected chi connectivity index (χ2v) is 8.90. The molecule has 1 aliphatic rings. The molecule has 1 saturated heterocycles. The van der Waals surface area contributed by atoms with Crippen LogP contribution in [0.1, 0.15) is 55.6 Å². The van der Waals surface area contributed by atoms with E-state index in [1.165, 1.54) is 6.07 Å². The number of likely N-dealkylation sites (tertiary alicyclic amines) is 1. The molecule has 1 atom stereocenters. The van der Waals surface area contributed by atoms with Gasteiger partial charge in [0.1, 0.15) is 11.6 Å². The number of thioether (sulfide) groups is 1. The third-order valence-corrected chi connectivity index (χ3v) is 6.48. The van der Waals surface area contributed by atoms with Crippen LogP contribution < -0.4 is 4.90 Å². The molecule has 2 aromatic heterocycles. The maximum absolute atomic E-state index is 13.4. The topological polar surface area (TPSA) is 88.8 Å². The Kier molecular flexibility index (Phi) is 9.03. The number of furan rings is 1. The van der Waals surface area contributed by atoms with Crippen molar-refractivity contribution < 1.29 is 31.9 Å². The first-order chi connectivity index (χ1) is 16.7. The van der Waals surface area contributed by atoms with Crippen molar-refractivity contribution in [2.75, 3.05) is 37.7 Å². The van der Waals surface area contributed by atoms with Gasteiger partial charge in [-0.1, -0.05) is 11.8 Å². The molecular weight excluding hydrogens is 485 g/mol. The van der Waals surface area contributed by atoms with Crippen LogP contribution in [0.2, 0.25) is 0 Å². The molecule has 0 spiro atoms. The third kappa shape index (κ3) is 6.89. The smallest absolute Gasteiger partial charge is 0.433 e. The fraction of sp³-hybridized carbons (Fsp3) is 0.565. The van der Waals surface area contributed by atoms with E-state index in [0.29, 0.717) is 38.2 Å². The fourth-order valence-electron chi connectivity index (χ4n) is 3.81. The highest BCUT2D eigenvalue weighted by Crippen LogP contribution is 2.32. The summed E-state index contributed by atoms with van der Waals surface area (Å²) in [5.41, 5.74) is -1.01. The molecule has 1 amide bonds. The lowest BCUT2D eigenvalue weighted by atomic mass is 9.98. The van der Waals surface area contributed by atoms with Crippen molar-refractivity contribution in [1.82, 2.24) is 14.9 Å². The molecular formula is C23H29F3N4O4S. The Morgan fingerprint density at radius 1 is 1.23 bits per heavy atom. The first-order valence-electron chi connectivity index (χ1n) is 11.5. The Bertz CT molecular complexity index is 1030. The highest BCUT2D eigenvalue weighted by molar-refractivity contribution is 7.98. The van der Waals surface area contributed by atoms with Crippen molar-refractivity contribution >= 4 is 29.5 Å². The molecule has 0 unspecified atom stereocenters.